The summed E-state index contributed by atoms with van der Waals surface area (Å²) in [6.07, 6.45) is 3.64. The molecule has 1 aliphatic carbocycles. The predicted molar refractivity (Wildman–Crippen MR) is 97.2 cm³/mol. The van der Waals surface area contributed by atoms with E-state index < -0.39 is 5.91 Å². The molecule has 1 aromatic heterocycles. The molecule has 2 atom stereocenters. The molecule has 2 amide bonds. The smallest absolute Gasteiger partial charge is 0.310 e. The summed E-state index contributed by atoms with van der Waals surface area (Å²) in [5.74, 6) is -0.136. The van der Waals surface area contributed by atoms with Gasteiger partial charge in [0.15, 0.2) is 6.61 Å². The lowest BCUT2D eigenvalue weighted by Crippen LogP contribution is -2.24. The van der Waals surface area contributed by atoms with Gasteiger partial charge in [0.2, 0.25) is 5.91 Å². The molecule has 0 bridgehead atoms. The summed E-state index contributed by atoms with van der Waals surface area (Å²) in [6.45, 7) is 0.346. The maximum atomic E-state index is 12.1. The van der Waals surface area contributed by atoms with Crippen LogP contribution in [0.4, 0.5) is 11.4 Å². The van der Waals surface area contributed by atoms with Crippen molar-refractivity contribution < 1.29 is 23.5 Å². The highest BCUT2D eigenvalue weighted by Crippen LogP contribution is 2.48. The van der Waals surface area contributed by atoms with Gasteiger partial charge in [-0.25, -0.2) is 0 Å². The van der Waals surface area contributed by atoms with E-state index in [1.165, 1.54) is 0 Å². The Morgan fingerprint density at radius 2 is 2.15 bits per heavy atom. The van der Waals surface area contributed by atoms with E-state index in [9.17, 15) is 14.4 Å². The average molecular weight is 368 g/mol. The minimum atomic E-state index is -0.413. The molecule has 1 saturated carbocycles. The molecule has 27 heavy (non-hydrogen) atoms. The molecule has 140 valence electrons. The van der Waals surface area contributed by atoms with E-state index in [2.05, 4.69) is 5.32 Å². The maximum absolute atomic E-state index is 12.1. The number of anilines is 2. The summed E-state index contributed by atoms with van der Waals surface area (Å²) in [7, 11) is 0. The highest BCUT2D eigenvalue weighted by molar-refractivity contribution is 5.97. The minimum absolute atomic E-state index is 0.0465. The molecule has 1 N–H and O–H groups in total. The first-order valence-electron chi connectivity index (χ1n) is 9.02. The SMILES string of the molecule is O=C(COC(=O)[C@H]1C[C@H]1c1ccco1)Nc1cccc(N2CCCC2=O)c1. The molecule has 1 aromatic carbocycles. The lowest BCUT2D eigenvalue weighted by atomic mass is 10.2. The Labute approximate surface area is 156 Å². The molecule has 7 heteroatoms. The number of nitrogens with zero attached hydrogens (tertiary/aromatic N) is 1. The highest BCUT2D eigenvalue weighted by atomic mass is 16.5. The number of hydrogen-bond acceptors (Lipinski definition) is 5. The van der Waals surface area contributed by atoms with Gasteiger partial charge in [0.25, 0.3) is 5.91 Å². The normalized spacial score (nSPS) is 21.2. The molecular weight excluding hydrogens is 348 g/mol. The van der Waals surface area contributed by atoms with Gasteiger partial charge in [-0.05, 0) is 43.2 Å². The summed E-state index contributed by atoms with van der Waals surface area (Å²) >= 11 is 0. The van der Waals surface area contributed by atoms with Gasteiger partial charge in [-0.2, -0.15) is 0 Å². The summed E-state index contributed by atoms with van der Waals surface area (Å²) in [6, 6.07) is 10.7. The van der Waals surface area contributed by atoms with Crippen LogP contribution in [0, 0.1) is 5.92 Å². The largest absolute Gasteiger partial charge is 0.469 e. The monoisotopic (exact) mass is 368 g/mol. The van der Waals surface area contributed by atoms with Crippen LogP contribution in [-0.2, 0) is 19.1 Å². The van der Waals surface area contributed by atoms with Crippen LogP contribution in [0.3, 0.4) is 0 Å². The van der Waals surface area contributed by atoms with Gasteiger partial charge in [-0.15, -0.1) is 0 Å². The first kappa shape index (κ1) is 17.3. The van der Waals surface area contributed by atoms with Crippen LogP contribution in [0.2, 0.25) is 0 Å². The first-order chi connectivity index (χ1) is 13.1. The molecule has 1 saturated heterocycles. The lowest BCUT2D eigenvalue weighted by Gasteiger charge is -2.16. The number of furan rings is 1. The van der Waals surface area contributed by atoms with Gasteiger partial charge in [-0.1, -0.05) is 6.07 Å². The Morgan fingerprint density at radius 3 is 2.89 bits per heavy atom. The fourth-order valence-electron chi connectivity index (χ4n) is 3.39. The topological polar surface area (TPSA) is 88.8 Å². The predicted octanol–water partition coefficient (Wildman–Crippen LogP) is 2.69. The van der Waals surface area contributed by atoms with E-state index in [1.54, 1.807) is 35.4 Å². The summed E-state index contributed by atoms with van der Waals surface area (Å²) in [5.41, 5.74) is 1.32. The maximum Gasteiger partial charge on any atom is 0.310 e. The second kappa shape index (κ2) is 7.26. The molecule has 2 aromatic rings. The van der Waals surface area contributed by atoms with Crippen molar-refractivity contribution in [1.82, 2.24) is 0 Å². The van der Waals surface area contributed by atoms with Crippen LogP contribution in [0.5, 0.6) is 0 Å². The minimum Gasteiger partial charge on any atom is -0.469 e. The second-order valence-electron chi connectivity index (χ2n) is 6.82. The molecule has 2 fully saturated rings. The number of rotatable bonds is 6. The van der Waals surface area contributed by atoms with E-state index >= 15 is 0 Å². The van der Waals surface area contributed by atoms with Gasteiger partial charge in [0.1, 0.15) is 5.76 Å². The van der Waals surface area contributed by atoms with E-state index in [0.29, 0.717) is 25.1 Å². The number of amides is 2. The van der Waals surface area contributed by atoms with Crippen molar-refractivity contribution in [2.24, 2.45) is 5.92 Å². The molecule has 0 radical (unpaired) electrons. The van der Waals surface area contributed by atoms with E-state index in [-0.39, 0.29) is 30.3 Å². The molecule has 2 heterocycles. The van der Waals surface area contributed by atoms with Gasteiger partial charge in [-0.3, -0.25) is 14.4 Å². The Balaban J connectivity index is 1.27. The number of carbonyl (C=O) groups is 3. The quantitative estimate of drug-likeness (QED) is 0.792. The van der Waals surface area contributed by atoms with Crippen LogP contribution in [0.15, 0.2) is 47.1 Å². The zero-order chi connectivity index (χ0) is 18.8. The molecule has 1 aliphatic heterocycles. The van der Waals surface area contributed by atoms with Crippen LogP contribution < -0.4 is 10.2 Å². The van der Waals surface area contributed by atoms with Crippen LogP contribution >= 0.6 is 0 Å². The fourth-order valence-corrected chi connectivity index (χ4v) is 3.39. The third-order valence-electron chi connectivity index (χ3n) is 4.86. The zero-order valence-electron chi connectivity index (χ0n) is 14.7. The zero-order valence-corrected chi connectivity index (χ0v) is 14.7. The Bertz CT molecular complexity index is 861. The third kappa shape index (κ3) is 3.86. The van der Waals surface area contributed by atoms with Gasteiger partial charge in [0.05, 0.1) is 12.2 Å². The standard InChI is InChI=1S/C20H20N2O5/c23-18(12-27-20(25)16-11-15(16)17-6-3-9-26-17)21-13-4-1-5-14(10-13)22-8-2-7-19(22)24/h1,3-6,9-10,15-16H,2,7-8,11-12H2,(H,21,23)/t15-,16+/m1/s1. The van der Waals surface area contributed by atoms with Crippen molar-refractivity contribution in [1.29, 1.82) is 0 Å². The summed E-state index contributed by atoms with van der Waals surface area (Å²) in [4.78, 5) is 37.7. The van der Waals surface area contributed by atoms with Crippen LogP contribution in [-0.4, -0.2) is 30.9 Å². The lowest BCUT2D eigenvalue weighted by molar-refractivity contribution is -0.148. The number of esters is 1. The van der Waals surface area contributed by atoms with Crippen LogP contribution in [0.25, 0.3) is 0 Å². The summed E-state index contributed by atoms with van der Waals surface area (Å²) < 4.78 is 10.4. The van der Waals surface area contributed by atoms with E-state index in [4.69, 9.17) is 9.15 Å². The molecule has 7 nitrogen and oxygen atoms in total. The Morgan fingerprint density at radius 1 is 1.26 bits per heavy atom. The molecule has 4 rings (SSSR count). The molecule has 0 unspecified atom stereocenters. The average Bonchev–Trinajstić information content (AvgIpc) is 3.06. The Kier molecular flexibility index (Phi) is 4.66. The van der Waals surface area contributed by atoms with E-state index in [0.717, 1.165) is 17.9 Å². The van der Waals surface area contributed by atoms with Crippen molar-refractivity contribution in [2.75, 3.05) is 23.4 Å². The van der Waals surface area contributed by atoms with Gasteiger partial charge < -0.3 is 19.4 Å². The van der Waals surface area contributed by atoms with E-state index in [1.807, 2.05) is 12.1 Å². The van der Waals surface area contributed by atoms with Crippen molar-refractivity contribution in [2.45, 2.75) is 25.2 Å². The fraction of sp³-hybridized carbons (Fsp3) is 0.350. The molecule has 2 aliphatic rings. The molecular formula is C20H20N2O5. The van der Waals surface area contributed by atoms with Gasteiger partial charge in [0, 0.05) is 30.3 Å². The Hall–Kier alpha value is -3.09. The van der Waals surface area contributed by atoms with Gasteiger partial charge >= 0.3 is 5.97 Å². The first-order valence-corrected chi connectivity index (χ1v) is 9.02. The highest BCUT2D eigenvalue weighted by Gasteiger charge is 2.47. The van der Waals surface area contributed by atoms with Crippen LogP contribution in [0.1, 0.15) is 30.9 Å². The third-order valence-corrected chi connectivity index (χ3v) is 4.86. The van der Waals surface area contributed by atoms with Crippen molar-refractivity contribution in [3.8, 4) is 0 Å². The van der Waals surface area contributed by atoms with Crippen molar-refractivity contribution in [3.05, 3.63) is 48.4 Å². The van der Waals surface area contributed by atoms with Crippen molar-refractivity contribution in [3.63, 3.8) is 0 Å². The molecule has 0 spiro atoms. The van der Waals surface area contributed by atoms with Crippen molar-refractivity contribution >= 4 is 29.2 Å². The second-order valence-corrected chi connectivity index (χ2v) is 6.82. The number of benzene rings is 1. The number of ether oxygens (including phenoxy) is 1. The number of carbonyl (C=O) groups excluding carboxylic acids is 3. The summed E-state index contributed by atoms with van der Waals surface area (Å²) in [5, 5.41) is 2.70. The number of nitrogens with one attached hydrogen (secondary N) is 1. The number of hydrogen-bond donors (Lipinski definition) is 1.